The van der Waals surface area contributed by atoms with Crippen LogP contribution in [0.5, 0.6) is 0 Å². The molecule has 4 heteroatoms. The van der Waals surface area contributed by atoms with Crippen LogP contribution in [0, 0.1) is 0 Å². The van der Waals surface area contributed by atoms with E-state index in [0.717, 1.165) is 17.2 Å². The van der Waals surface area contributed by atoms with Crippen LogP contribution in [0.15, 0.2) is 29.2 Å². The minimum absolute atomic E-state index is 0.235. The Morgan fingerprint density at radius 1 is 1.36 bits per heavy atom. The summed E-state index contributed by atoms with van der Waals surface area (Å²) in [6.45, 7) is 0. The maximum absolute atomic E-state index is 10.5. The fourth-order valence-electron chi connectivity index (χ4n) is 0.967. The predicted molar refractivity (Wildman–Crippen MR) is 60.6 cm³/mol. The Hall–Kier alpha value is -0.670. The molecule has 0 heterocycles. The number of benzene rings is 1. The number of hydrogen-bond acceptors (Lipinski definition) is 2. The smallest absolute Gasteiger partial charge is 0.217 e. The van der Waals surface area contributed by atoms with Gasteiger partial charge < -0.3 is 5.73 Å². The van der Waals surface area contributed by atoms with Gasteiger partial charge in [-0.05, 0) is 36.4 Å². The average Bonchev–Trinajstić information content (AvgIpc) is 2.15. The molecule has 76 valence electrons. The lowest BCUT2D eigenvalue weighted by Gasteiger charge is -2.00. The first-order valence-electron chi connectivity index (χ1n) is 4.35. The Balaban J connectivity index is 2.25. The Kier molecular flexibility index (Phi) is 4.84. The highest BCUT2D eigenvalue weighted by molar-refractivity contribution is 7.99. The van der Waals surface area contributed by atoms with Crippen LogP contribution >= 0.6 is 23.4 Å². The number of amides is 1. The fourth-order valence-corrected chi connectivity index (χ4v) is 1.95. The van der Waals surface area contributed by atoms with Gasteiger partial charge in [0.2, 0.25) is 5.91 Å². The second-order valence-electron chi connectivity index (χ2n) is 2.87. The molecule has 1 amide bonds. The van der Waals surface area contributed by atoms with Crippen LogP contribution in [-0.4, -0.2) is 11.7 Å². The summed E-state index contributed by atoms with van der Waals surface area (Å²) in [5.41, 5.74) is 5.03. The van der Waals surface area contributed by atoms with E-state index in [1.54, 1.807) is 11.8 Å². The normalized spacial score (nSPS) is 10.1. The first-order chi connectivity index (χ1) is 6.68. The van der Waals surface area contributed by atoms with E-state index in [4.69, 9.17) is 17.3 Å². The van der Waals surface area contributed by atoms with E-state index in [-0.39, 0.29) is 5.91 Å². The van der Waals surface area contributed by atoms with Gasteiger partial charge in [-0.2, -0.15) is 0 Å². The molecule has 0 unspecified atom stereocenters. The van der Waals surface area contributed by atoms with E-state index in [0.29, 0.717) is 6.42 Å². The monoisotopic (exact) mass is 229 g/mol. The predicted octanol–water partition coefficient (Wildman–Crippen LogP) is 2.70. The standard InChI is InChI=1S/C10H12ClNOS/c11-8-3-5-9(6-4-8)14-7-1-2-10(12)13/h3-6H,1-2,7H2,(H2,12,13). The number of rotatable bonds is 5. The Morgan fingerprint density at radius 3 is 2.57 bits per heavy atom. The highest BCUT2D eigenvalue weighted by Gasteiger charge is 1.96. The molecule has 0 aliphatic rings. The number of halogens is 1. The van der Waals surface area contributed by atoms with Crippen molar-refractivity contribution < 1.29 is 4.79 Å². The van der Waals surface area contributed by atoms with Gasteiger partial charge in [-0.3, -0.25) is 4.79 Å². The summed E-state index contributed by atoms with van der Waals surface area (Å²) < 4.78 is 0. The van der Waals surface area contributed by atoms with E-state index >= 15 is 0 Å². The van der Waals surface area contributed by atoms with E-state index < -0.39 is 0 Å². The van der Waals surface area contributed by atoms with Crippen molar-refractivity contribution >= 4 is 29.3 Å². The molecule has 1 aromatic rings. The molecule has 2 N–H and O–H groups in total. The molecule has 0 aromatic heterocycles. The second-order valence-corrected chi connectivity index (χ2v) is 4.48. The van der Waals surface area contributed by atoms with Crippen LogP contribution in [0.4, 0.5) is 0 Å². The SMILES string of the molecule is NC(=O)CCCSc1ccc(Cl)cc1. The summed E-state index contributed by atoms with van der Waals surface area (Å²) in [7, 11) is 0. The third kappa shape index (κ3) is 4.53. The van der Waals surface area contributed by atoms with Crippen molar-refractivity contribution in [3.63, 3.8) is 0 Å². The second kappa shape index (κ2) is 5.94. The molecule has 0 saturated heterocycles. The molecule has 14 heavy (non-hydrogen) atoms. The summed E-state index contributed by atoms with van der Waals surface area (Å²) in [4.78, 5) is 11.6. The van der Waals surface area contributed by atoms with E-state index in [2.05, 4.69) is 0 Å². The molecule has 0 atom stereocenters. The lowest BCUT2D eigenvalue weighted by molar-refractivity contribution is -0.118. The molecule has 0 bridgehead atoms. The number of carbonyl (C=O) groups is 1. The van der Waals surface area contributed by atoms with Crippen molar-refractivity contribution in [2.24, 2.45) is 5.73 Å². The van der Waals surface area contributed by atoms with Crippen LogP contribution in [0.25, 0.3) is 0 Å². The van der Waals surface area contributed by atoms with Gasteiger partial charge in [-0.1, -0.05) is 11.6 Å². The van der Waals surface area contributed by atoms with Gasteiger partial charge in [0.1, 0.15) is 0 Å². The van der Waals surface area contributed by atoms with E-state index in [1.807, 2.05) is 24.3 Å². The van der Waals surface area contributed by atoms with Crippen LogP contribution < -0.4 is 5.73 Å². The highest BCUT2D eigenvalue weighted by atomic mass is 35.5. The van der Waals surface area contributed by atoms with Gasteiger partial charge in [0.25, 0.3) is 0 Å². The summed E-state index contributed by atoms with van der Waals surface area (Å²) in [5, 5.41) is 0.742. The molecular formula is C10H12ClNOS. The first-order valence-corrected chi connectivity index (χ1v) is 5.71. The van der Waals surface area contributed by atoms with E-state index in [9.17, 15) is 4.79 Å². The third-order valence-electron chi connectivity index (χ3n) is 1.65. The molecule has 0 spiro atoms. The van der Waals surface area contributed by atoms with Gasteiger partial charge in [0.05, 0.1) is 0 Å². The number of nitrogens with two attached hydrogens (primary N) is 1. The van der Waals surface area contributed by atoms with Crippen molar-refractivity contribution in [1.82, 2.24) is 0 Å². The zero-order valence-electron chi connectivity index (χ0n) is 7.70. The molecule has 0 saturated carbocycles. The number of primary amides is 1. The van der Waals surface area contributed by atoms with Crippen LogP contribution in [-0.2, 0) is 4.79 Å². The molecule has 0 aliphatic heterocycles. The van der Waals surface area contributed by atoms with Gasteiger partial charge in [0.15, 0.2) is 0 Å². The minimum Gasteiger partial charge on any atom is -0.370 e. The summed E-state index contributed by atoms with van der Waals surface area (Å²) in [6, 6.07) is 7.66. The zero-order valence-corrected chi connectivity index (χ0v) is 9.27. The lowest BCUT2D eigenvalue weighted by Crippen LogP contribution is -2.09. The highest BCUT2D eigenvalue weighted by Crippen LogP contribution is 2.21. The molecule has 0 aliphatic carbocycles. The summed E-state index contributed by atoms with van der Waals surface area (Å²) in [6.07, 6.45) is 1.28. The third-order valence-corrected chi connectivity index (χ3v) is 3.00. The van der Waals surface area contributed by atoms with Gasteiger partial charge in [-0.25, -0.2) is 0 Å². The van der Waals surface area contributed by atoms with Crippen molar-refractivity contribution in [2.75, 3.05) is 5.75 Å². The lowest BCUT2D eigenvalue weighted by atomic mass is 10.3. The van der Waals surface area contributed by atoms with Crippen LogP contribution in [0.3, 0.4) is 0 Å². The zero-order chi connectivity index (χ0) is 10.4. The average molecular weight is 230 g/mol. The first kappa shape index (κ1) is 11.4. The van der Waals surface area contributed by atoms with Crippen molar-refractivity contribution in [3.05, 3.63) is 29.3 Å². The summed E-state index contributed by atoms with van der Waals surface area (Å²) in [5.74, 6) is 0.673. The molecule has 1 rings (SSSR count). The Morgan fingerprint density at radius 2 is 2.00 bits per heavy atom. The maximum Gasteiger partial charge on any atom is 0.217 e. The molecule has 2 nitrogen and oxygen atoms in total. The van der Waals surface area contributed by atoms with Crippen LogP contribution in [0.2, 0.25) is 5.02 Å². The van der Waals surface area contributed by atoms with Crippen LogP contribution in [0.1, 0.15) is 12.8 Å². The van der Waals surface area contributed by atoms with Gasteiger partial charge >= 0.3 is 0 Å². The Labute approximate surface area is 92.8 Å². The fraction of sp³-hybridized carbons (Fsp3) is 0.300. The van der Waals surface area contributed by atoms with Crippen molar-refractivity contribution in [3.8, 4) is 0 Å². The molecule has 1 aromatic carbocycles. The quantitative estimate of drug-likeness (QED) is 0.623. The van der Waals surface area contributed by atoms with Crippen molar-refractivity contribution in [1.29, 1.82) is 0 Å². The van der Waals surface area contributed by atoms with Crippen molar-refractivity contribution in [2.45, 2.75) is 17.7 Å². The maximum atomic E-state index is 10.5. The number of carbonyl (C=O) groups excluding carboxylic acids is 1. The van der Waals surface area contributed by atoms with Gasteiger partial charge in [0, 0.05) is 16.3 Å². The number of thioether (sulfide) groups is 1. The minimum atomic E-state index is -0.235. The summed E-state index contributed by atoms with van der Waals surface area (Å²) >= 11 is 7.45. The van der Waals surface area contributed by atoms with E-state index in [1.165, 1.54) is 4.90 Å². The molecular weight excluding hydrogens is 218 g/mol. The van der Waals surface area contributed by atoms with Gasteiger partial charge in [-0.15, -0.1) is 11.8 Å². The Bertz CT molecular complexity index is 299. The number of hydrogen-bond donors (Lipinski definition) is 1. The largest absolute Gasteiger partial charge is 0.370 e. The topological polar surface area (TPSA) is 43.1 Å². The molecule has 0 radical (unpaired) electrons. The molecule has 0 fully saturated rings.